The van der Waals surface area contributed by atoms with Crippen LogP contribution in [0.15, 0.2) is 24.3 Å². The molecule has 0 fully saturated rings. The standard InChI is InChI=1S/C16H19N3O2/c1-3-4-9-17-16(20)14-12-10-21-13-8-6-5-7-11(13)15(12)19(2)18-14/h5-8H,3-4,9-10H2,1-2H3,(H,17,20). The highest BCUT2D eigenvalue weighted by molar-refractivity contribution is 5.96. The maximum absolute atomic E-state index is 12.3. The fourth-order valence-corrected chi connectivity index (χ4v) is 2.62. The molecule has 0 spiro atoms. The summed E-state index contributed by atoms with van der Waals surface area (Å²) in [5.41, 5.74) is 3.29. The van der Waals surface area contributed by atoms with Gasteiger partial charge in [0.1, 0.15) is 12.4 Å². The zero-order valence-electron chi connectivity index (χ0n) is 12.3. The monoisotopic (exact) mass is 285 g/mol. The molecular formula is C16H19N3O2. The van der Waals surface area contributed by atoms with Gasteiger partial charge in [-0.2, -0.15) is 5.10 Å². The second kappa shape index (κ2) is 5.60. The zero-order valence-corrected chi connectivity index (χ0v) is 12.3. The number of carbonyl (C=O) groups excluding carboxylic acids is 1. The quantitative estimate of drug-likeness (QED) is 0.878. The van der Waals surface area contributed by atoms with Crippen molar-refractivity contribution in [2.75, 3.05) is 6.54 Å². The Balaban J connectivity index is 1.95. The molecule has 0 saturated heterocycles. The van der Waals surface area contributed by atoms with E-state index in [-0.39, 0.29) is 5.91 Å². The number of rotatable bonds is 4. The number of nitrogens with zero attached hydrogens (tertiary/aromatic N) is 2. The van der Waals surface area contributed by atoms with E-state index in [0.29, 0.717) is 18.8 Å². The van der Waals surface area contributed by atoms with Gasteiger partial charge in [0.05, 0.1) is 5.69 Å². The predicted molar refractivity (Wildman–Crippen MR) is 80.2 cm³/mol. The lowest BCUT2D eigenvalue weighted by Gasteiger charge is -2.18. The van der Waals surface area contributed by atoms with E-state index in [2.05, 4.69) is 17.3 Å². The first kappa shape index (κ1) is 13.7. The third kappa shape index (κ3) is 2.39. The van der Waals surface area contributed by atoms with Crippen molar-refractivity contribution < 1.29 is 9.53 Å². The number of hydrogen-bond acceptors (Lipinski definition) is 3. The summed E-state index contributed by atoms with van der Waals surface area (Å²) < 4.78 is 7.52. The molecule has 1 amide bonds. The van der Waals surface area contributed by atoms with Gasteiger partial charge in [0.25, 0.3) is 5.91 Å². The number of benzene rings is 1. The number of hydrogen-bond donors (Lipinski definition) is 1. The number of fused-ring (bicyclic) bond motifs is 3. The summed E-state index contributed by atoms with van der Waals surface area (Å²) in [6.45, 7) is 3.16. The van der Waals surface area contributed by atoms with Crippen LogP contribution >= 0.6 is 0 Å². The van der Waals surface area contributed by atoms with Crippen molar-refractivity contribution in [3.8, 4) is 17.0 Å². The largest absolute Gasteiger partial charge is 0.488 e. The van der Waals surface area contributed by atoms with E-state index >= 15 is 0 Å². The Morgan fingerprint density at radius 3 is 3.05 bits per heavy atom. The van der Waals surface area contributed by atoms with Crippen LogP contribution in [0, 0.1) is 0 Å². The number of aryl methyl sites for hydroxylation is 1. The van der Waals surface area contributed by atoms with E-state index < -0.39 is 0 Å². The molecular weight excluding hydrogens is 266 g/mol. The van der Waals surface area contributed by atoms with Crippen molar-refractivity contribution in [2.45, 2.75) is 26.4 Å². The highest BCUT2D eigenvalue weighted by Gasteiger charge is 2.27. The van der Waals surface area contributed by atoms with Gasteiger partial charge in [0.2, 0.25) is 0 Å². The van der Waals surface area contributed by atoms with Crippen LogP contribution in [0.4, 0.5) is 0 Å². The molecule has 2 heterocycles. The van der Waals surface area contributed by atoms with Gasteiger partial charge in [-0.25, -0.2) is 0 Å². The minimum Gasteiger partial charge on any atom is -0.488 e. The normalized spacial score (nSPS) is 12.3. The molecule has 1 N–H and O–H groups in total. The Morgan fingerprint density at radius 2 is 2.24 bits per heavy atom. The number of para-hydroxylation sites is 1. The molecule has 0 radical (unpaired) electrons. The Hall–Kier alpha value is -2.30. The first-order chi connectivity index (χ1) is 10.2. The van der Waals surface area contributed by atoms with E-state index in [0.717, 1.165) is 35.4 Å². The molecule has 5 nitrogen and oxygen atoms in total. The lowest BCUT2D eigenvalue weighted by atomic mass is 10.0. The maximum Gasteiger partial charge on any atom is 0.272 e. The Bertz CT molecular complexity index is 676. The number of ether oxygens (including phenoxy) is 1. The van der Waals surface area contributed by atoms with Crippen LogP contribution in [0.2, 0.25) is 0 Å². The average molecular weight is 285 g/mol. The summed E-state index contributed by atoms with van der Waals surface area (Å²) in [6, 6.07) is 7.84. The fraction of sp³-hybridized carbons (Fsp3) is 0.375. The molecule has 1 aromatic heterocycles. The number of aromatic nitrogens is 2. The van der Waals surface area contributed by atoms with E-state index in [1.54, 1.807) is 4.68 Å². The molecule has 21 heavy (non-hydrogen) atoms. The minimum absolute atomic E-state index is 0.122. The first-order valence-corrected chi connectivity index (χ1v) is 7.28. The van der Waals surface area contributed by atoms with Crippen molar-refractivity contribution in [3.63, 3.8) is 0 Å². The topological polar surface area (TPSA) is 56.2 Å². The summed E-state index contributed by atoms with van der Waals surface area (Å²) in [5.74, 6) is 0.717. The van der Waals surface area contributed by atoms with Gasteiger partial charge >= 0.3 is 0 Å². The van der Waals surface area contributed by atoms with Crippen molar-refractivity contribution in [1.29, 1.82) is 0 Å². The van der Waals surface area contributed by atoms with Crippen LogP contribution in [0.3, 0.4) is 0 Å². The van der Waals surface area contributed by atoms with Crippen molar-refractivity contribution in [2.24, 2.45) is 7.05 Å². The van der Waals surface area contributed by atoms with Crippen LogP contribution in [0.5, 0.6) is 5.75 Å². The second-order valence-corrected chi connectivity index (χ2v) is 5.19. The predicted octanol–water partition coefficient (Wildman–Crippen LogP) is 2.51. The van der Waals surface area contributed by atoms with Crippen LogP contribution in [0.1, 0.15) is 35.8 Å². The van der Waals surface area contributed by atoms with E-state index in [9.17, 15) is 4.79 Å². The summed E-state index contributed by atoms with van der Waals surface area (Å²) in [5, 5.41) is 7.31. The van der Waals surface area contributed by atoms with Crippen LogP contribution in [-0.2, 0) is 13.7 Å². The molecule has 0 unspecified atom stereocenters. The molecule has 5 heteroatoms. The van der Waals surface area contributed by atoms with Gasteiger partial charge in [-0.1, -0.05) is 25.5 Å². The summed E-state index contributed by atoms with van der Waals surface area (Å²) >= 11 is 0. The third-order valence-corrected chi connectivity index (χ3v) is 3.69. The molecule has 2 aromatic rings. The van der Waals surface area contributed by atoms with Gasteiger partial charge in [-0.15, -0.1) is 0 Å². The van der Waals surface area contributed by atoms with Crippen molar-refractivity contribution in [3.05, 3.63) is 35.5 Å². The van der Waals surface area contributed by atoms with Crippen molar-refractivity contribution in [1.82, 2.24) is 15.1 Å². The molecule has 0 atom stereocenters. The molecule has 1 aromatic carbocycles. The Kier molecular flexibility index (Phi) is 3.64. The summed E-state index contributed by atoms with van der Waals surface area (Å²) in [4.78, 5) is 12.3. The minimum atomic E-state index is -0.122. The highest BCUT2D eigenvalue weighted by Crippen LogP contribution is 2.38. The van der Waals surface area contributed by atoms with Gasteiger partial charge in [-0.05, 0) is 18.6 Å². The Labute approximate surface area is 123 Å². The molecule has 0 saturated carbocycles. The average Bonchev–Trinajstić information content (AvgIpc) is 2.85. The lowest BCUT2D eigenvalue weighted by Crippen LogP contribution is -2.26. The third-order valence-electron chi connectivity index (χ3n) is 3.69. The fourth-order valence-electron chi connectivity index (χ4n) is 2.62. The number of unbranched alkanes of at least 4 members (excludes halogenated alkanes) is 1. The number of amides is 1. The van der Waals surface area contributed by atoms with E-state index in [1.807, 2.05) is 31.3 Å². The second-order valence-electron chi connectivity index (χ2n) is 5.19. The van der Waals surface area contributed by atoms with Gasteiger partial charge < -0.3 is 10.1 Å². The summed E-state index contributed by atoms with van der Waals surface area (Å²) in [6.07, 6.45) is 2.02. The molecule has 110 valence electrons. The highest BCUT2D eigenvalue weighted by atomic mass is 16.5. The summed E-state index contributed by atoms with van der Waals surface area (Å²) in [7, 11) is 1.86. The number of carbonyl (C=O) groups is 1. The first-order valence-electron chi connectivity index (χ1n) is 7.28. The Morgan fingerprint density at radius 1 is 1.43 bits per heavy atom. The molecule has 0 aliphatic carbocycles. The van der Waals surface area contributed by atoms with E-state index in [1.165, 1.54) is 0 Å². The van der Waals surface area contributed by atoms with E-state index in [4.69, 9.17) is 4.74 Å². The number of nitrogens with one attached hydrogen (secondary N) is 1. The SMILES string of the molecule is CCCCNC(=O)c1nn(C)c2c1COc1ccccc1-2. The smallest absolute Gasteiger partial charge is 0.272 e. The maximum atomic E-state index is 12.3. The lowest BCUT2D eigenvalue weighted by molar-refractivity contribution is 0.0945. The van der Waals surface area contributed by atoms with Gasteiger partial charge in [0, 0.05) is 24.7 Å². The van der Waals surface area contributed by atoms with Gasteiger partial charge in [-0.3, -0.25) is 9.48 Å². The van der Waals surface area contributed by atoms with Crippen LogP contribution < -0.4 is 10.1 Å². The van der Waals surface area contributed by atoms with Crippen LogP contribution in [0.25, 0.3) is 11.3 Å². The molecule has 0 bridgehead atoms. The van der Waals surface area contributed by atoms with Crippen LogP contribution in [-0.4, -0.2) is 22.2 Å². The van der Waals surface area contributed by atoms with Crippen molar-refractivity contribution >= 4 is 5.91 Å². The van der Waals surface area contributed by atoms with Gasteiger partial charge in [0.15, 0.2) is 5.69 Å². The molecule has 1 aliphatic rings. The molecule has 1 aliphatic heterocycles. The molecule has 3 rings (SSSR count). The zero-order chi connectivity index (χ0) is 14.8.